The van der Waals surface area contributed by atoms with Gasteiger partial charge in [-0.2, -0.15) is 5.10 Å². The highest BCUT2D eigenvalue weighted by molar-refractivity contribution is 7.45. The second kappa shape index (κ2) is 2.27. The summed E-state index contributed by atoms with van der Waals surface area (Å²) in [5.41, 5.74) is 1.19. The molecule has 8 heavy (non-hydrogen) atoms. The summed E-state index contributed by atoms with van der Waals surface area (Å²) in [6, 6.07) is 2.04. The summed E-state index contributed by atoms with van der Waals surface area (Å²) in [6.45, 7) is 2.13. The lowest BCUT2D eigenvalue weighted by molar-refractivity contribution is 0.776. The lowest BCUT2D eigenvalue weighted by Crippen LogP contribution is -1.97. The molecule has 0 aliphatic heterocycles. The van der Waals surface area contributed by atoms with Crippen molar-refractivity contribution in [1.29, 1.82) is 0 Å². The van der Waals surface area contributed by atoms with Gasteiger partial charge in [0.05, 0.1) is 5.44 Å². The van der Waals surface area contributed by atoms with Crippen molar-refractivity contribution in [3.63, 3.8) is 0 Å². The summed E-state index contributed by atoms with van der Waals surface area (Å²) in [4.78, 5) is 0. The van der Waals surface area contributed by atoms with Crippen molar-refractivity contribution in [2.24, 2.45) is 7.05 Å². The first-order valence-corrected chi connectivity index (χ1v) is 4.00. The van der Waals surface area contributed by atoms with Gasteiger partial charge < -0.3 is 0 Å². The number of hydrogen-bond donors (Lipinski definition) is 0. The lowest BCUT2D eigenvalue weighted by Gasteiger charge is -1.83. The highest BCUT2D eigenvalue weighted by Crippen LogP contribution is 1.98. The van der Waals surface area contributed by atoms with Gasteiger partial charge in [0.25, 0.3) is 0 Å². The maximum Gasteiger partial charge on any atom is 0.0817 e. The fourth-order valence-electron chi connectivity index (χ4n) is 0.548. The Morgan fingerprint density at radius 1 is 1.75 bits per heavy atom. The van der Waals surface area contributed by atoms with Crippen molar-refractivity contribution >= 4 is 14.0 Å². The average Bonchev–Trinajstić information content (AvgIpc) is 2.14. The van der Waals surface area contributed by atoms with Crippen LogP contribution in [-0.2, 0) is 7.05 Å². The maximum atomic E-state index is 4.16. The van der Waals surface area contributed by atoms with Crippen LogP contribution >= 0.6 is 8.58 Å². The molecule has 0 bridgehead atoms. The predicted molar refractivity (Wildman–Crippen MR) is 37.1 cm³/mol. The molecule has 1 aromatic rings. The molecule has 1 aromatic heterocycles. The molecule has 0 saturated heterocycles. The summed E-state index contributed by atoms with van der Waals surface area (Å²) < 4.78 is 1.83. The Balaban J connectivity index is 2.84. The Morgan fingerprint density at radius 3 is 2.75 bits per heavy atom. The van der Waals surface area contributed by atoms with E-state index >= 15 is 0 Å². The van der Waals surface area contributed by atoms with Gasteiger partial charge in [0.1, 0.15) is 0 Å². The fourth-order valence-corrected chi connectivity index (χ4v) is 1.05. The van der Waals surface area contributed by atoms with Crippen molar-refractivity contribution in [2.75, 3.05) is 6.66 Å². The van der Waals surface area contributed by atoms with Crippen LogP contribution < -0.4 is 5.44 Å². The Hall–Kier alpha value is -0.360. The van der Waals surface area contributed by atoms with E-state index in [2.05, 4.69) is 11.8 Å². The zero-order chi connectivity index (χ0) is 5.98. The second-order valence-electron chi connectivity index (χ2n) is 1.62. The third kappa shape index (κ3) is 1.07. The minimum Gasteiger partial charge on any atom is -0.275 e. The van der Waals surface area contributed by atoms with Crippen molar-refractivity contribution in [3.05, 3.63) is 12.3 Å². The Labute approximate surface area is 50.7 Å². The Kier molecular flexibility index (Phi) is 1.64. The molecule has 1 heterocycles. The standard InChI is InChI=1S/C5H9N2P/c1-7-4-3-5(6-7)8-2/h3-4,8H,1-2H3. The summed E-state index contributed by atoms with van der Waals surface area (Å²) in [5.74, 6) is 0. The van der Waals surface area contributed by atoms with E-state index in [1.54, 1.807) is 0 Å². The summed E-state index contributed by atoms with van der Waals surface area (Å²) in [6.07, 6.45) is 1.96. The molecule has 2 nitrogen and oxygen atoms in total. The molecular weight excluding hydrogens is 119 g/mol. The van der Waals surface area contributed by atoms with E-state index in [1.165, 1.54) is 5.44 Å². The summed E-state index contributed by atoms with van der Waals surface area (Å²) in [5, 5.41) is 4.16. The quantitative estimate of drug-likeness (QED) is 0.499. The molecule has 1 atom stereocenters. The molecule has 0 fully saturated rings. The highest BCUT2D eigenvalue weighted by atomic mass is 31.1. The van der Waals surface area contributed by atoms with Crippen LogP contribution in [0.25, 0.3) is 0 Å². The number of aryl methyl sites for hydroxylation is 1. The fraction of sp³-hybridized carbons (Fsp3) is 0.400. The number of aromatic nitrogens is 2. The zero-order valence-corrected chi connectivity index (χ0v) is 6.05. The van der Waals surface area contributed by atoms with E-state index in [0.717, 1.165) is 8.58 Å². The Morgan fingerprint density at radius 2 is 2.50 bits per heavy atom. The molecule has 0 aliphatic rings. The van der Waals surface area contributed by atoms with E-state index in [1.807, 2.05) is 24.0 Å². The van der Waals surface area contributed by atoms with Gasteiger partial charge in [-0.05, 0) is 12.7 Å². The number of nitrogens with zero attached hydrogens (tertiary/aromatic N) is 2. The minimum absolute atomic E-state index is 0.819. The van der Waals surface area contributed by atoms with Crippen molar-refractivity contribution in [3.8, 4) is 0 Å². The summed E-state index contributed by atoms with van der Waals surface area (Å²) >= 11 is 0. The van der Waals surface area contributed by atoms with Crippen LogP contribution in [0.3, 0.4) is 0 Å². The molecule has 0 amide bonds. The first kappa shape index (κ1) is 5.77. The molecule has 0 aliphatic carbocycles. The third-order valence-corrected chi connectivity index (χ3v) is 1.75. The predicted octanol–water partition coefficient (Wildman–Crippen LogP) is 0.354. The minimum atomic E-state index is 0.819. The molecule has 0 saturated carbocycles. The molecule has 1 rings (SSSR count). The zero-order valence-electron chi connectivity index (χ0n) is 5.05. The first-order valence-electron chi connectivity index (χ1n) is 2.50. The third-order valence-electron chi connectivity index (χ3n) is 0.970. The normalized spacial score (nSPS) is 11.2. The van der Waals surface area contributed by atoms with E-state index in [-0.39, 0.29) is 0 Å². The van der Waals surface area contributed by atoms with Crippen LogP contribution in [0, 0.1) is 0 Å². The average molecular weight is 128 g/mol. The van der Waals surface area contributed by atoms with Crippen LogP contribution in [-0.4, -0.2) is 16.4 Å². The summed E-state index contributed by atoms with van der Waals surface area (Å²) in [7, 11) is 2.75. The van der Waals surface area contributed by atoms with Crippen LogP contribution in [0.15, 0.2) is 12.3 Å². The van der Waals surface area contributed by atoms with Gasteiger partial charge in [-0.3, -0.25) is 4.68 Å². The van der Waals surface area contributed by atoms with Gasteiger partial charge in [-0.15, -0.1) is 0 Å². The van der Waals surface area contributed by atoms with Crippen molar-refractivity contribution < 1.29 is 0 Å². The molecule has 0 aromatic carbocycles. The van der Waals surface area contributed by atoms with Gasteiger partial charge in [0.15, 0.2) is 0 Å². The van der Waals surface area contributed by atoms with E-state index in [9.17, 15) is 0 Å². The lowest BCUT2D eigenvalue weighted by atomic mass is 10.7. The Bertz CT molecular complexity index is 171. The monoisotopic (exact) mass is 128 g/mol. The SMILES string of the molecule is CPc1ccn(C)n1. The van der Waals surface area contributed by atoms with E-state index in [0.29, 0.717) is 0 Å². The molecule has 44 valence electrons. The molecule has 1 unspecified atom stereocenters. The van der Waals surface area contributed by atoms with Crippen molar-refractivity contribution in [1.82, 2.24) is 9.78 Å². The topological polar surface area (TPSA) is 17.8 Å². The molecule has 0 N–H and O–H groups in total. The molecular formula is C5H9N2P. The van der Waals surface area contributed by atoms with Gasteiger partial charge in [0, 0.05) is 13.2 Å². The number of hydrogen-bond acceptors (Lipinski definition) is 1. The van der Waals surface area contributed by atoms with Gasteiger partial charge >= 0.3 is 0 Å². The molecule has 3 heteroatoms. The van der Waals surface area contributed by atoms with E-state index < -0.39 is 0 Å². The van der Waals surface area contributed by atoms with E-state index in [4.69, 9.17) is 0 Å². The van der Waals surface area contributed by atoms with Gasteiger partial charge in [0.2, 0.25) is 0 Å². The van der Waals surface area contributed by atoms with Crippen LogP contribution in [0.2, 0.25) is 0 Å². The van der Waals surface area contributed by atoms with Gasteiger partial charge in [-0.25, -0.2) is 0 Å². The second-order valence-corrected chi connectivity index (χ2v) is 2.64. The highest BCUT2D eigenvalue weighted by Gasteiger charge is 1.88. The number of rotatable bonds is 1. The van der Waals surface area contributed by atoms with Gasteiger partial charge in [-0.1, -0.05) is 8.58 Å². The largest absolute Gasteiger partial charge is 0.275 e. The first-order chi connectivity index (χ1) is 3.83. The van der Waals surface area contributed by atoms with Crippen LogP contribution in [0.4, 0.5) is 0 Å². The molecule has 0 spiro atoms. The smallest absolute Gasteiger partial charge is 0.0817 e. The molecule has 0 radical (unpaired) electrons. The maximum absolute atomic E-state index is 4.16. The van der Waals surface area contributed by atoms with Crippen LogP contribution in [0.5, 0.6) is 0 Å². The van der Waals surface area contributed by atoms with Crippen molar-refractivity contribution in [2.45, 2.75) is 0 Å². The van der Waals surface area contributed by atoms with Crippen LogP contribution in [0.1, 0.15) is 0 Å².